The molecule has 0 radical (unpaired) electrons. The van der Waals surface area contributed by atoms with Crippen LogP contribution < -0.4 is 5.73 Å². The first-order valence-electron chi connectivity index (χ1n) is 6.36. The molecule has 2 rings (SSSR count). The first kappa shape index (κ1) is 14.0. The van der Waals surface area contributed by atoms with E-state index in [2.05, 4.69) is 18.7 Å². The molecule has 1 fully saturated rings. The second kappa shape index (κ2) is 5.68. The van der Waals surface area contributed by atoms with Crippen molar-refractivity contribution in [2.75, 3.05) is 19.7 Å². The number of nitrogens with two attached hydrogens (primary N) is 1. The van der Waals surface area contributed by atoms with Gasteiger partial charge >= 0.3 is 5.88 Å². The number of morpholine rings is 1. The Balaban J connectivity index is 2.31. The zero-order valence-corrected chi connectivity index (χ0v) is 11.1. The fraction of sp³-hybridized carbons (Fsp3) is 0.667. The average molecular weight is 269 g/mol. The van der Waals surface area contributed by atoms with Gasteiger partial charge in [0.2, 0.25) is 0 Å². The maximum absolute atomic E-state index is 10.7. The first-order chi connectivity index (χ1) is 9.04. The van der Waals surface area contributed by atoms with Crippen LogP contribution in [-0.2, 0) is 4.74 Å². The molecule has 2 heterocycles. The minimum atomic E-state index is -0.537. The van der Waals surface area contributed by atoms with E-state index in [0.29, 0.717) is 18.9 Å². The van der Waals surface area contributed by atoms with E-state index in [1.54, 1.807) is 6.07 Å². The van der Waals surface area contributed by atoms with Crippen LogP contribution in [0.25, 0.3) is 0 Å². The molecular formula is C12H19N3O4. The highest BCUT2D eigenvalue weighted by Gasteiger charge is 2.37. The van der Waals surface area contributed by atoms with Gasteiger partial charge in [-0.15, -0.1) is 0 Å². The van der Waals surface area contributed by atoms with E-state index in [9.17, 15) is 10.1 Å². The van der Waals surface area contributed by atoms with E-state index in [1.165, 1.54) is 6.07 Å². The second-order valence-electron chi connectivity index (χ2n) is 4.85. The minimum Gasteiger partial charge on any atom is -0.404 e. The third kappa shape index (κ3) is 2.78. The van der Waals surface area contributed by atoms with E-state index in [4.69, 9.17) is 14.9 Å². The van der Waals surface area contributed by atoms with Crippen LogP contribution >= 0.6 is 0 Å². The summed E-state index contributed by atoms with van der Waals surface area (Å²) in [6.45, 7) is 5.86. The number of nitrogens with zero attached hydrogens (tertiary/aromatic N) is 2. The van der Waals surface area contributed by atoms with E-state index in [1.807, 2.05) is 0 Å². The molecule has 0 aromatic carbocycles. The highest BCUT2D eigenvalue weighted by Crippen LogP contribution is 2.33. The number of hydrogen-bond donors (Lipinski definition) is 1. The summed E-state index contributed by atoms with van der Waals surface area (Å²) in [5, 5.41) is 10.7. The molecule has 0 amide bonds. The number of nitro groups is 1. The molecule has 1 saturated heterocycles. The lowest BCUT2D eigenvalue weighted by molar-refractivity contribution is -0.402. The Morgan fingerprint density at radius 2 is 2.32 bits per heavy atom. The molecule has 1 aromatic heterocycles. The van der Waals surface area contributed by atoms with Crippen molar-refractivity contribution < 1.29 is 14.1 Å². The van der Waals surface area contributed by atoms with Crippen molar-refractivity contribution in [3.8, 4) is 0 Å². The standard InChI is InChI=1S/C12H19N3O4/c1-8(2)14-5-6-18-10(7-13)12(14)9-3-4-11(19-9)15(16)17/h3-4,8,10,12H,5-7,13H2,1-2H3. The normalized spacial score (nSPS) is 24.8. The Bertz CT molecular complexity index is 446. The molecule has 1 aromatic rings. The quantitative estimate of drug-likeness (QED) is 0.654. The number of ether oxygens (including phenoxy) is 1. The molecule has 7 nitrogen and oxygen atoms in total. The molecule has 2 N–H and O–H groups in total. The Labute approximate surface area is 111 Å². The zero-order chi connectivity index (χ0) is 14.0. The summed E-state index contributed by atoms with van der Waals surface area (Å²) in [5.41, 5.74) is 5.73. The van der Waals surface area contributed by atoms with Crippen LogP contribution in [0.2, 0.25) is 0 Å². The number of furan rings is 1. The Hall–Kier alpha value is -1.44. The SMILES string of the molecule is CC(C)N1CCOC(CN)C1c1ccc([N+](=O)[O-])o1. The van der Waals surface area contributed by atoms with Crippen LogP contribution in [0.5, 0.6) is 0 Å². The zero-order valence-electron chi connectivity index (χ0n) is 11.1. The molecule has 106 valence electrons. The van der Waals surface area contributed by atoms with Crippen LogP contribution in [0, 0.1) is 10.1 Å². The third-order valence-electron chi connectivity index (χ3n) is 3.37. The molecule has 0 bridgehead atoms. The lowest BCUT2D eigenvalue weighted by Gasteiger charge is -2.41. The predicted molar refractivity (Wildman–Crippen MR) is 68.7 cm³/mol. The van der Waals surface area contributed by atoms with Gasteiger partial charge in [0.15, 0.2) is 0 Å². The smallest absolute Gasteiger partial charge is 0.404 e. The maximum Gasteiger partial charge on any atom is 0.433 e. The Morgan fingerprint density at radius 3 is 2.84 bits per heavy atom. The van der Waals surface area contributed by atoms with Gasteiger partial charge < -0.3 is 14.9 Å². The van der Waals surface area contributed by atoms with Crippen molar-refractivity contribution in [3.05, 3.63) is 28.0 Å². The summed E-state index contributed by atoms with van der Waals surface area (Å²) in [6, 6.07) is 3.12. The van der Waals surface area contributed by atoms with E-state index < -0.39 is 4.92 Å². The summed E-state index contributed by atoms with van der Waals surface area (Å²) in [4.78, 5) is 12.4. The molecule has 0 aliphatic carbocycles. The summed E-state index contributed by atoms with van der Waals surface area (Å²) in [5.74, 6) is 0.288. The number of rotatable bonds is 4. The van der Waals surface area contributed by atoms with Crippen molar-refractivity contribution in [3.63, 3.8) is 0 Å². The molecule has 2 atom stereocenters. The van der Waals surface area contributed by atoms with Crippen LogP contribution in [0.15, 0.2) is 16.5 Å². The van der Waals surface area contributed by atoms with Gasteiger partial charge in [0.1, 0.15) is 10.7 Å². The minimum absolute atomic E-state index is 0.174. The average Bonchev–Trinajstić information content (AvgIpc) is 2.87. The van der Waals surface area contributed by atoms with Crippen molar-refractivity contribution in [1.82, 2.24) is 4.90 Å². The topological polar surface area (TPSA) is 94.8 Å². The van der Waals surface area contributed by atoms with Gasteiger partial charge in [-0.2, -0.15) is 0 Å². The monoisotopic (exact) mass is 269 g/mol. The molecule has 1 aliphatic heterocycles. The van der Waals surface area contributed by atoms with Crippen molar-refractivity contribution >= 4 is 5.88 Å². The fourth-order valence-corrected chi connectivity index (χ4v) is 2.48. The number of hydrogen-bond acceptors (Lipinski definition) is 6. The van der Waals surface area contributed by atoms with Crippen LogP contribution in [0.1, 0.15) is 25.6 Å². The fourth-order valence-electron chi connectivity index (χ4n) is 2.48. The van der Waals surface area contributed by atoms with E-state index in [0.717, 1.165) is 6.54 Å². The summed E-state index contributed by atoms with van der Waals surface area (Å²) < 4.78 is 11.0. The lowest BCUT2D eigenvalue weighted by Crippen LogP contribution is -2.50. The van der Waals surface area contributed by atoms with Crippen molar-refractivity contribution in [1.29, 1.82) is 0 Å². The van der Waals surface area contributed by atoms with E-state index >= 15 is 0 Å². The summed E-state index contributed by atoms with van der Waals surface area (Å²) in [7, 11) is 0. The van der Waals surface area contributed by atoms with Crippen molar-refractivity contribution in [2.45, 2.75) is 32.0 Å². The van der Waals surface area contributed by atoms with E-state index in [-0.39, 0.29) is 24.1 Å². The van der Waals surface area contributed by atoms with Crippen LogP contribution in [0.4, 0.5) is 5.88 Å². The van der Waals surface area contributed by atoms with Gasteiger partial charge in [-0.3, -0.25) is 15.0 Å². The summed E-state index contributed by atoms with van der Waals surface area (Å²) in [6.07, 6.45) is -0.207. The van der Waals surface area contributed by atoms with Gasteiger partial charge in [-0.25, -0.2) is 0 Å². The largest absolute Gasteiger partial charge is 0.433 e. The van der Waals surface area contributed by atoms with Gasteiger partial charge in [0, 0.05) is 19.1 Å². The van der Waals surface area contributed by atoms with Gasteiger partial charge in [0.05, 0.1) is 24.8 Å². The predicted octanol–water partition coefficient (Wildman–Crippen LogP) is 1.30. The molecular weight excluding hydrogens is 250 g/mol. The second-order valence-corrected chi connectivity index (χ2v) is 4.85. The first-order valence-corrected chi connectivity index (χ1v) is 6.36. The van der Waals surface area contributed by atoms with Gasteiger partial charge in [-0.05, 0) is 19.9 Å². The molecule has 0 spiro atoms. The molecule has 0 saturated carbocycles. The Kier molecular flexibility index (Phi) is 4.18. The molecule has 7 heteroatoms. The van der Waals surface area contributed by atoms with Crippen molar-refractivity contribution in [2.24, 2.45) is 5.73 Å². The van der Waals surface area contributed by atoms with Gasteiger partial charge in [0.25, 0.3) is 0 Å². The molecule has 2 unspecified atom stereocenters. The van der Waals surface area contributed by atoms with Gasteiger partial charge in [-0.1, -0.05) is 0 Å². The highest BCUT2D eigenvalue weighted by atomic mass is 16.6. The molecule has 19 heavy (non-hydrogen) atoms. The maximum atomic E-state index is 10.7. The highest BCUT2D eigenvalue weighted by molar-refractivity contribution is 5.21. The third-order valence-corrected chi connectivity index (χ3v) is 3.37. The summed E-state index contributed by atoms with van der Waals surface area (Å²) >= 11 is 0. The lowest BCUT2D eigenvalue weighted by atomic mass is 10.0. The Morgan fingerprint density at radius 1 is 1.58 bits per heavy atom. The van der Waals surface area contributed by atoms with Crippen LogP contribution in [-0.4, -0.2) is 41.7 Å². The molecule has 1 aliphatic rings. The van der Waals surface area contributed by atoms with Crippen LogP contribution in [0.3, 0.4) is 0 Å².